The van der Waals surface area contributed by atoms with Crippen LogP contribution < -0.4 is 9.64 Å². The van der Waals surface area contributed by atoms with E-state index in [2.05, 4.69) is 37.8 Å². The van der Waals surface area contributed by atoms with E-state index in [1.807, 2.05) is 30.3 Å². The molecule has 192 valence electrons. The topological polar surface area (TPSA) is 66.8 Å². The van der Waals surface area contributed by atoms with E-state index >= 15 is 0 Å². The van der Waals surface area contributed by atoms with Crippen LogP contribution in [0, 0.1) is 0 Å². The van der Waals surface area contributed by atoms with Gasteiger partial charge in [-0.1, -0.05) is 69.3 Å². The normalized spacial score (nSPS) is 14.1. The van der Waals surface area contributed by atoms with Crippen LogP contribution in [0.4, 0.5) is 5.69 Å². The summed E-state index contributed by atoms with van der Waals surface area (Å²) >= 11 is 0. The summed E-state index contributed by atoms with van der Waals surface area (Å²) in [6.07, 6.45) is 6.73. The van der Waals surface area contributed by atoms with Crippen molar-refractivity contribution in [3.63, 3.8) is 0 Å². The third-order valence-electron chi connectivity index (χ3n) is 6.67. The monoisotopic (exact) mass is 497 g/mol. The molecule has 1 saturated heterocycles. The van der Waals surface area contributed by atoms with Gasteiger partial charge >= 0.3 is 5.97 Å². The third kappa shape index (κ3) is 6.67. The largest absolute Gasteiger partial charge is 0.486 e. The maximum absolute atomic E-state index is 13.4. The predicted molar refractivity (Wildman–Crippen MR) is 149 cm³/mol. The van der Waals surface area contributed by atoms with E-state index in [4.69, 9.17) is 9.84 Å². The first kappa shape index (κ1) is 26.2. The number of allylic oxidation sites excluding steroid dienone is 1. The number of carboxylic acid groups (broad SMARTS) is 1. The molecule has 3 aromatic carbocycles. The lowest BCUT2D eigenvalue weighted by atomic mass is 9.84. The molecule has 1 aliphatic heterocycles. The van der Waals surface area contributed by atoms with Gasteiger partial charge in [-0.3, -0.25) is 4.79 Å². The van der Waals surface area contributed by atoms with Crippen LogP contribution in [0.2, 0.25) is 0 Å². The van der Waals surface area contributed by atoms with Gasteiger partial charge in [-0.25, -0.2) is 4.79 Å². The highest BCUT2D eigenvalue weighted by molar-refractivity contribution is 6.08. The highest BCUT2D eigenvalue weighted by Gasteiger charge is 2.27. The number of nitrogens with zero attached hydrogens (tertiary/aromatic N) is 1. The molecule has 0 aliphatic carbocycles. The van der Waals surface area contributed by atoms with Crippen LogP contribution in [0.5, 0.6) is 5.75 Å². The number of rotatable bonds is 8. The number of piperidine rings is 1. The molecule has 5 nitrogen and oxygen atoms in total. The van der Waals surface area contributed by atoms with Crippen LogP contribution in [-0.2, 0) is 12.0 Å². The SMILES string of the molecule is CC(C)(C)c1cc(C(=O)C=Cc2ccc(C(=O)O)cc2)cc(N2CCCCC2)c1OCc1ccccc1. The molecule has 0 aromatic heterocycles. The van der Waals surface area contributed by atoms with Crippen LogP contribution >= 0.6 is 0 Å². The molecule has 37 heavy (non-hydrogen) atoms. The quantitative estimate of drug-likeness (QED) is 0.264. The summed E-state index contributed by atoms with van der Waals surface area (Å²) < 4.78 is 6.51. The average Bonchev–Trinajstić information content (AvgIpc) is 2.91. The van der Waals surface area contributed by atoms with Gasteiger partial charge < -0.3 is 14.7 Å². The number of ether oxygens (including phenoxy) is 1. The van der Waals surface area contributed by atoms with Crippen LogP contribution in [0.1, 0.15) is 77.4 Å². The van der Waals surface area contributed by atoms with Crippen molar-refractivity contribution < 1.29 is 19.4 Å². The zero-order valence-electron chi connectivity index (χ0n) is 21.9. The molecule has 1 N–H and O–H groups in total. The first-order valence-corrected chi connectivity index (χ1v) is 12.9. The Morgan fingerprint density at radius 2 is 1.59 bits per heavy atom. The second-order valence-electron chi connectivity index (χ2n) is 10.6. The minimum atomic E-state index is -0.971. The number of aromatic carboxylic acids is 1. The standard InChI is InChI=1S/C32H35NO4/c1-32(2,3)27-20-26(29(34)17-14-23-12-15-25(16-13-23)31(35)36)21-28(33-18-8-5-9-19-33)30(27)37-22-24-10-6-4-7-11-24/h4,6-7,10-17,20-21H,5,8-9,18-19,22H2,1-3H3,(H,35,36). The van der Waals surface area contributed by atoms with E-state index < -0.39 is 5.97 Å². The molecule has 0 radical (unpaired) electrons. The number of benzene rings is 3. The fourth-order valence-corrected chi connectivity index (χ4v) is 4.57. The molecule has 4 rings (SSSR count). The second kappa shape index (κ2) is 11.5. The van der Waals surface area contributed by atoms with Gasteiger partial charge in [0.15, 0.2) is 5.78 Å². The summed E-state index contributed by atoms with van der Waals surface area (Å²) in [6.45, 7) is 8.77. The number of hydrogen-bond acceptors (Lipinski definition) is 4. The van der Waals surface area contributed by atoms with E-state index in [1.54, 1.807) is 24.3 Å². The van der Waals surface area contributed by atoms with Crippen molar-refractivity contribution in [2.75, 3.05) is 18.0 Å². The number of carbonyl (C=O) groups excluding carboxylic acids is 1. The van der Waals surface area contributed by atoms with Gasteiger partial charge in [0, 0.05) is 24.2 Å². The number of carbonyl (C=O) groups is 2. The van der Waals surface area contributed by atoms with E-state index in [9.17, 15) is 9.59 Å². The maximum atomic E-state index is 13.4. The number of ketones is 1. The zero-order valence-corrected chi connectivity index (χ0v) is 21.9. The molecular formula is C32H35NO4. The lowest BCUT2D eigenvalue weighted by molar-refractivity contribution is 0.0696. The van der Waals surface area contributed by atoms with Gasteiger partial charge in [-0.05, 0) is 66.1 Å². The van der Waals surface area contributed by atoms with Crippen molar-refractivity contribution in [3.8, 4) is 5.75 Å². The van der Waals surface area contributed by atoms with Crippen molar-refractivity contribution in [2.24, 2.45) is 0 Å². The Morgan fingerprint density at radius 1 is 0.919 bits per heavy atom. The number of anilines is 1. The van der Waals surface area contributed by atoms with E-state index in [0.29, 0.717) is 12.2 Å². The lowest BCUT2D eigenvalue weighted by Crippen LogP contribution is -2.31. The Hall–Kier alpha value is -3.86. The van der Waals surface area contributed by atoms with E-state index in [1.165, 1.54) is 18.6 Å². The molecule has 0 atom stereocenters. The predicted octanol–water partition coefficient (Wildman–Crippen LogP) is 7.15. The second-order valence-corrected chi connectivity index (χ2v) is 10.6. The highest BCUT2D eigenvalue weighted by atomic mass is 16.5. The average molecular weight is 498 g/mol. The van der Waals surface area contributed by atoms with Gasteiger partial charge in [-0.2, -0.15) is 0 Å². The third-order valence-corrected chi connectivity index (χ3v) is 6.67. The summed E-state index contributed by atoms with van der Waals surface area (Å²) in [5.74, 6) is -0.218. The first-order chi connectivity index (χ1) is 17.7. The lowest BCUT2D eigenvalue weighted by Gasteiger charge is -2.33. The van der Waals surface area contributed by atoms with Gasteiger partial charge in [0.25, 0.3) is 0 Å². The summed E-state index contributed by atoms with van der Waals surface area (Å²) in [7, 11) is 0. The molecule has 1 fully saturated rings. The number of carboxylic acids is 1. The molecule has 1 aliphatic rings. The van der Waals surface area contributed by atoms with Crippen LogP contribution in [-0.4, -0.2) is 29.9 Å². The van der Waals surface area contributed by atoms with Crippen molar-refractivity contribution in [1.29, 1.82) is 0 Å². The van der Waals surface area contributed by atoms with Gasteiger partial charge in [0.1, 0.15) is 12.4 Å². The van der Waals surface area contributed by atoms with Gasteiger partial charge in [0.05, 0.1) is 11.3 Å². The first-order valence-electron chi connectivity index (χ1n) is 12.9. The van der Waals surface area contributed by atoms with Gasteiger partial charge in [0.2, 0.25) is 0 Å². The Balaban J connectivity index is 1.70. The Bertz CT molecular complexity index is 1260. The van der Waals surface area contributed by atoms with Crippen molar-refractivity contribution in [2.45, 2.75) is 52.1 Å². The van der Waals surface area contributed by atoms with E-state index in [-0.39, 0.29) is 16.8 Å². The molecule has 0 saturated carbocycles. The summed E-state index contributed by atoms with van der Waals surface area (Å²) in [4.78, 5) is 26.8. The Labute approximate surface area is 219 Å². The Kier molecular flexibility index (Phi) is 8.12. The molecule has 1 heterocycles. The van der Waals surface area contributed by atoms with Crippen molar-refractivity contribution >= 4 is 23.5 Å². The molecule has 0 bridgehead atoms. The van der Waals surface area contributed by atoms with Crippen molar-refractivity contribution in [1.82, 2.24) is 0 Å². The fraction of sp³-hybridized carbons (Fsp3) is 0.312. The molecule has 5 heteroatoms. The fourth-order valence-electron chi connectivity index (χ4n) is 4.57. The molecule has 0 amide bonds. The highest BCUT2D eigenvalue weighted by Crippen LogP contribution is 2.41. The molecule has 0 spiro atoms. The summed E-state index contributed by atoms with van der Waals surface area (Å²) in [5.41, 5.74) is 4.46. The number of hydrogen-bond donors (Lipinski definition) is 1. The van der Waals surface area contributed by atoms with Gasteiger partial charge in [-0.15, -0.1) is 0 Å². The van der Waals surface area contributed by atoms with Crippen LogP contribution in [0.15, 0.2) is 72.8 Å². The molecule has 0 unspecified atom stereocenters. The minimum Gasteiger partial charge on any atom is -0.486 e. The van der Waals surface area contributed by atoms with E-state index in [0.717, 1.165) is 54.1 Å². The van der Waals surface area contributed by atoms with Crippen LogP contribution in [0.3, 0.4) is 0 Å². The zero-order chi connectivity index (χ0) is 26.4. The Morgan fingerprint density at radius 3 is 2.22 bits per heavy atom. The van der Waals surface area contributed by atoms with Crippen molar-refractivity contribution in [3.05, 3.63) is 101 Å². The maximum Gasteiger partial charge on any atom is 0.335 e. The summed E-state index contributed by atoms with van der Waals surface area (Å²) in [5, 5.41) is 9.11. The molecular weight excluding hydrogens is 462 g/mol. The summed E-state index contributed by atoms with van der Waals surface area (Å²) in [6, 6.07) is 20.6. The minimum absolute atomic E-state index is 0.0966. The molecule has 3 aromatic rings. The smallest absolute Gasteiger partial charge is 0.335 e. The van der Waals surface area contributed by atoms with Crippen LogP contribution in [0.25, 0.3) is 6.08 Å².